The molecule has 2 fully saturated rings. The largest absolute Gasteiger partial charge is 0.354 e. The zero-order valence-corrected chi connectivity index (χ0v) is 28.5. The fourth-order valence-electron chi connectivity index (χ4n) is 5.96. The van der Waals surface area contributed by atoms with Crippen molar-refractivity contribution in [3.63, 3.8) is 0 Å². The minimum Gasteiger partial charge on any atom is -0.354 e. The molecule has 0 spiro atoms. The highest BCUT2D eigenvalue weighted by atomic mass is 35.5. The Morgan fingerprint density at radius 3 is 1.42 bits per heavy atom. The van der Waals surface area contributed by atoms with Gasteiger partial charge in [0.15, 0.2) is 0 Å². The topological polar surface area (TPSA) is 141 Å². The van der Waals surface area contributed by atoms with E-state index >= 15 is 0 Å². The highest BCUT2D eigenvalue weighted by Gasteiger charge is 2.60. The second-order valence-electron chi connectivity index (χ2n) is 11.8. The van der Waals surface area contributed by atoms with Crippen LogP contribution in [0.3, 0.4) is 0 Å². The molecule has 1 amide bonds. The van der Waals surface area contributed by atoms with Gasteiger partial charge in [-0.1, -0.05) is 89.0 Å². The van der Waals surface area contributed by atoms with Crippen LogP contribution in [-0.2, 0) is 38.6 Å². The monoisotopic (exact) mass is 741 g/mol. The molecule has 3 aliphatic heterocycles. The third-order valence-electron chi connectivity index (χ3n) is 8.52. The number of hydrogen-bond donors (Lipinski definition) is 0. The van der Waals surface area contributed by atoms with Crippen molar-refractivity contribution in [2.45, 2.75) is 36.5 Å². The van der Waals surface area contributed by atoms with Crippen molar-refractivity contribution in [3.05, 3.63) is 166 Å². The third kappa shape index (κ3) is 7.55. The van der Waals surface area contributed by atoms with E-state index in [1.807, 2.05) is 48.5 Å². The molecule has 3 aliphatic rings. The van der Waals surface area contributed by atoms with E-state index < -0.39 is 11.2 Å². The van der Waals surface area contributed by atoms with Crippen LogP contribution in [0, 0.1) is 11.6 Å². The van der Waals surface area contributed by atoms with Gasteiger partial charge in [-0.2, -0.15) is 10.2 Å². The zero-order valence-electron chi connectivity index (χ0n) is 27.0. The number of benzene rings is 4. The number of halogens is 4. The molecule has 2 saturated heterocycles. The molecule has 16 heteroatoms. The van der Waals surface area contributed by atoms with Crippen LogP contribution in [0.15, 0.2) is 138 Å². The van der Waals surface area contributed by atoms with Crippen LogP contribution in [0.5, 0.6) is 0 Å². The number of amides is 1. The van der Waals surface area contributed by atoms with Crippen LogP contribution >= 0.6 is 23.2 Å². The normalized spacial score (nSPS) is 22.3. The summed E-state index contributed by atoms with van der Waals surface area (Å²) in [4.78, 5) is 17.8. The molecule has 262 valence electrons. The standard InChI is InChI=1S/2C17H13ClFN3O.C2HN3O/c2*18-15-4-2-1-3-14(15)16-17(23-16,9-22-11-20-10-21-22)12-5-7-13(19)8-6-12;6-2-1-3-5-4-2/h2*1-8,10-11,16H,9H2;1H/t2*16-,17-;/m10./s1. The molecule has 4 aromatic carbocycles. The maximum Gasteiger partial charge on any atom is 0.310 e. The first-order valence-corrected chi connectivity index (χ1v) is 16.5. The average molecular weight is 743 g/mol. The van der Waals surface area contributed by atoms with Crippen LogP contribution in [0.2, 0.25) is 10.0 Å². The van der Waals surface area contributed by atoms with E-state index in [1.54, 1.807) is 46.3 Å². The maximum absolute atomic E-state index is 13.3. The van der Waals surface area contributed by atoms with E-state index in [0.717, 1.165) is 28.5 Å². The molecule has 9 rings (SSSR count). The number of aromatic nitrogens is 6. The first-order valence-electron chi connectivity index (χ1n) is 15.8. The number of nitrogens with zero attached hydrogens (tertiary/aromatic N) is 9. The summed E-state index contributed by atoms with van der Waals surface area (Å²) in [6, 6.07) is 27.9. The lowest BCUT2D eigenvalue weighted by Crippen LogP contribution is -2.19. The van der Waals surface area contributed by atoms with Crippen LogP contribution < -0.4 is 0 Å². The summed E-state index contributed by atoms with van der Waals surface area (Å²) < 4.78 is 42.1. The molecule has 5 heterocycles. The summed E-state index contributed by atoms with van der Waals surface area (Å²) in [5.41, 5.74) is 2.37. The highest BCUT2D eigenvalue weighted by molar-refractivity contribution is 6.31. The summed E-state index contributed by atoms with van der Waals surface area (Å²) in [7, 11) is 0. The lowest BCUT2D eigenvalue weighted by molar-refractivity contribution is -0.111. The number of hydrogen-bond acceptors (Lipinski definition) is 9. The van der Waals surface area contributed by atoms with Crippen molar-refractivity contribution in [1.29, 1.82) is 0 Å². The molecule has 12 nitrogen and oxygen atoms in total. The van der Waals surface area contributed by atoms with Crippen molar-refractivity contribution < 1.29 is 23.0 Å². The Kier molecular flexibility index (Phi) is 10.0. The molecular formula is C36H27Cl2F2N9O3. The van der Waals surface area contributed by atoms with E-state index in [4.69, 9.17) is 32.7 Å². The van der Waals surface area contributed by atoms with Gasteiger partial charge >= 0.3 is 5.91 Å². The second-order valence-corrected chi connectivity index (χ2v) is 12.6. The van der Waals surface area contributed by atoms with Crippen LogP contribution in [0.25, 0.3) is 0 Å². The SMILES string of the molecule is Fc1ccc([C@@]2(Cn3cncn3)O[C@@H]2c2ccccc2Cl)cc1.Fc1ccc([C@]2(Cn3cncn3)O[C@H]2c2ccccc2Cl)cc1.O=C1C=NN=N1. The Balaban J connectivity index is 0.000000139. The molecule has 6 aromatic rings. The van der Waals surface area contributed by atoms with E-state index in [0.29, 0.717) is 23.1 Å². The number of carbonyl (C=O) groups excluding carboxylic acids is 1. The first kappa shape index (κ1) is 34.9. The minimum absolute atomic E-state index is 0.203. The van der Waals surface area contributed by atoms with Gasteiger partial charge in [0.05, 0.1) is 13.1 Å². The fraction of sp³-hybridized carbons (Fsp3) is 0.167. The van der Waals surface area contributed by atoms with Crippen LogP contribution in [-0.4, -0.2) is 41.7 Å². The summed E-state index contributed by atoms with van der Waals surface area (Å²) >= 11 is 12.6. The van der Waals surface area contributed by atoms with Gasteiger partial charge in [-0.3, -0.25) is 4.79 Å². The van der Waals surface area contributed by atoms with Gasteiger partial charge in [-0.25, -0.2) is 28.1 Å². The van der Waals surface area contributed by atoms with Crippen molar-refractivity contribution in [2.75, 3.05) is 0 Å². The quantitative estimate of drug-likeness (QED) is 0.148. The lowest BCUT2D eigenvalue weighted by atomic mass is 9.91. The summed E-state index contributed by atoms with van der Waals surface area (Å²) in [5.74, 6) is -0.936. The number of carbonyl (C=O) groups is 1. The van der Waals surface area contributed by atoms with E-state index in [2.05, 4.69) is 35.6 Å². The van der Waals surface area contributed by atoms with Gasteiger partial charge in [0.25, 0.3) is 0 Å². The highest BCUT2D eigenvalue weighted by Crippen LogP contribution is 2.60. The Bertz CT molecular complexity index is 2050. The molecule has 0 aliphatic carbocycles. The van der Waals surface area contributed by atoms with Crippen molar-refractivity contribution >= 4 is 35.3 Å². The third-order valence-corrected chi connectivity index (χ3v) is 9.21. The van der Waals surface area contributed by atoms with Crippen molar-refractivity contribution in [1.82, 2.24) is 29.5 Å². The molecule has 2 aromatic heterocycles. The number of ether oxygens (including phenoxy) is 2. The van der Waals surface area contributed by atoms with Crippen LogP contribution in [0.1, 0.15) is 34.5 Å². The maximum atomic E-state index is 13.3. The molecule has 52 heavy (non-hydrogen) atoms. The Morgan fingerprint density at radius 1 is 0.654 bits per heavy atom. The number of rotatable bonds is 8. The van der Waals surface area contributed by atoms with Crippen molar-refractivity contribution in [2.24, 2.45) is 15.4 Å². The second kappa shape index (κ2) is 15.0. The Labute approximate surface area is 305 Å². The van der Waals surface area contributed by atoms with E-state index in [1.165, 1.54) is 36.9 Å². The first-order chi connectivity index (χ1) is 25.3. The molecule has 0 bridgehead atoms. The van der Waals surface area contributed by atoms with Gasteiger partial charge in [0.1, 0.15) is 66.6 Å². The van der Waals surface area contributed by atoms with Gasteiger partial charge in [0, 0.05) is 21.2 Å². The molecule has 4 atom stereocenters. The average Bonchev–Trinajstić information content (AvgIpc) is 3.62. The van der Waals surface area contributed by atoms with Gasteiger partial charge in [0.2, 0.25) is 0 Å². The Morgan fingerprint density at radius 2 is 1.10 bits per heavy atom. The smallest absolute Gasteiger partial charge is 0.310 e. The predicted octanol–water partition coefficient (Wildman–Crippen LogP) is 7.44. The van der Waals surface area contributed by atoms with Crippen LogP contribution in [0.4, 0.5) is 8.78 Å². The molecular weight excluding hydrogens is 715 g/mol. The van der Waals surface area contributed by atoms with Gasteiger partial charge in [-0.15, -0.1) is 5.10 Å². The Hall–Kier alpha value is -5.54. The summed E-state index contributed by atoms with van der Waals surface area (Å²) in [6.07, 6.45) is 6.88. The van der Waals surface area contributed by atoms with E-state index in [-0.39, 0.29) is 29.7 Å². The van der Waals surface area contributed by atoms with E-state index in [9.17, 15) is 13.6 Å². The van der Waals surface area contributed by atoms with Gasteiger partial charge in [-0.05, 0) is 52.7 Å². The van der Waals surface area contributed by atoms with Gasteiger partial charge < -0.3 is 9.47 Å². The fourth-order valence-corrected chi connectivity index (χ4v) is 6.43. The predicted molar refractivity (Wildman–Crippen MR) is 185 cm³/mol. The van der Waals surface area contributed by atoms with Crippen molar-refractivity contribution in [3.8, 4) is 0 Å². The zero-order chi connectivity index (χ0) is 36.1. The lowest BCUT2D eigenvalue weighted by Gasteiger charge is -2.14. The molecule has 0 unspecified atom stereocenters. The summed E-state index contributed by atoms with van der Waals surface area (Å²) in [6.45, 7) is 0.961. The molecule has 0 radical (unpaired) electrons. The molecule has 0 N–H and O–H groups in total. The minimum atomic E-state index is -0.619. The number of epoxide rings is 2. The summed E-state index contributed by atoms with van der Waals surface area (Å²) in [5, 5.41) is 18.8. The molecule has 0 saturated carbocycles.